The van der Waals surface area contributed by atoms with Crippen LogP contribution in [0.2, 0.25) is 0 Å². The van der Waals surface area contributed by atoms with Crippen molar-refractivity contribution in [3.63, 3.8) is 0 Å². The van der Waals surface area contributed by atoms with Crippen LogP contribution in [-0.2, 0) is 4.79 Å². The Balaban J connectivity index is 2.79. The standard InChI is InChI=1S/C10H12ClNO/c1-8(12(11)9(2)13)10-6-4-3-5-7-10/h3-8H,1-2H3. The molecule has 0 saturated carbocycles. The molecule has 1 amide bonds. The summed E-state index contributed by atoms with van der Waals surface area (Å²) in [4.78, 5) is 11.0. The van der Waals surface area contributed by atoms with Gasteiger partial charge in [0.1, 0.15) is 0 Å². The molecule has 2 nitrogen and oxygen atoms in total. The molecule has 0 bridgehead atoms. The van der Waals surface area contributed by atoms with Crippen LogP contribution in [0.15, 0.2) is 30.3 Å². The molecule has 0 fully saturated rings. The molecule has 0 saturated heterocycles. The number of hydrogen-bond donors (Lipinski definition) is 0. The minimum Gasteiger partial charge on any atom is -0.274 e. The summed E-state index contributed by atoms with van der Waals surface area (Å²) < 4.78 is 1.20. The summed E-state index contributed by atoms with van der Waals surface area (Å²) in [6, 6.07) is 9.60. The van der Waals surface area contributed by atoms with Crippen LogP contribution in [0.3, 0.4) is 0 Å². The number of amides is 1. The summed E-state index contributed by atoms with van der Waals surface area (Å²) in [5, 5.41) is 0. The van der Waals surface area contributed by atoms with Gasteiger partial charge < -0.3 is 0 Å². The lowest BCUT2D eigenvalue weighted by Crippen LogP contribution is -2.21. The predicted molar refractivity (Wildman–Crippen MR) is 53.2 cm³/mol. The van der Waals surface area contributed by atoms with Gasteiger partial charge in [-0.1, -0.05) is 30.3 Å². The first kappa shape index (κ1) is 10.1. The first-order valence-electron chi connectivity index (χ1n) is 4.13. The Labute approximate surface area is 83.2 Å². The largest absolute Gasteiger partial charge is 0.274 e. The third kappa shape index (κ3) is 2.46. The molecule has 1 aromatic carbocycles. The van der Waals surface area contributed by atoms with E-state index >= 15 is 0 Å². The Morgan fingerprint density at radius 2 is 1.92 bits per heavy atom. The Morgan fingerprint density at radius 1 is 1.38 bits per heavy atom. The van der Waals surface area contributed by atoms with Crippen LogP contribution in [0.1, 0.15) is 25.5 Å². The molecule has 3 heteroatoms. The van der Waals surface area contributed by atoms with Gasteiger partial charge in [-0.05, 0) is 12.5 Å². The van der Waals surface area contributed by atoms with Crippen LogP contribution in [0.5, 0.6) is 0 Å². The Hall–Kier alpha value is -1.02. The number of hydrogen-bond acceptors (Lipinski definition) is 1. The minimum absolute atomic E-state index is 0.0830. The zero-order valence-electron chi connectivity index (χ0n) is 7.70. The van der Waals surface area contributed by atoms with Crippen LogP contribution in [0.25, 0.3) is 0 Å². The van der Waals surface area contributed by atoms with Crippen LogP contribution in [0, 0.1) is 0 Å². The zero-order chi connectivity index (χ0) is 9.84. The lowest BCUT2D eigenvalue weighted by Gasteiger charge is -2.20. The Bertz CT molecular complexity index is 286. The number of halogens is 1. The van der Waals surface area contributed by atoms with E-state index in [-0.39, 0.29) is 11.9 Å². The van der Waals surface area contributed by atoms with E-state index in [4.69, 9.17) is 11.8 Å². The number of carbonyl (C=O) groups excluding carboxylic acids is 1. The lowest BCUT2D eigenvalue weighted by atomic mass is 10.1. The monoisotopic (exact) mass is 197 g/mol. The van der Waals surface area contributed by atoms with E-state index in [0.717, 1.165) is 5.56 Å². The maximum Gasteiger partial charge on any atom is 0.234 e. The van der Waals surface area contributed by atoms with Crippen molar-refractivity contribution in [2.24, 2.45) is 0 Å². The van der Waals surface area contributed by atoms with Gasteiger partial charge in [-0.25, -0.2) is 4.42 Å². The van der Waals surface area contributed by atoms with Gasteiger partial charge in [0.15, 0.2) is 0 Å². The van der Waals surface area contributed by atoms with Gasteiger partial charge in [-0.2, -0.15) is 0 Å². The highest BCUT2D eigenvalue weighted by atomic mass is 35.5. The van der Waals surface area contributed by atoms with Crippen molar-refractivity contribution in [3.8, 4) is 0 Å². The van der Waals surface area contributed by atoms with Gasteiger partial charge >= 0.3 is 0 Å². The predicted octanol–water partition coefficient (Wildman–Crippen LogP) is 2.75. The molecule has 0 radical (unpaired) electrons. The van der Waals surface area contributed by atoms with E-state index < -0.39 is 0 Å². The summed E-state index contributed by atoms with van der Waals surface area (Å²) in [7, 11) is 0. The van der Waals surface area contributed by atoms with E-state index in [1.807, 2.05) is 37.3 Å². The van der Waals surface area contributed by atoms with Crippen LogP contribution >= 0.6 is 11.8 Å². The minimum atomic E-state index is -0.141. The molecule has 0 N–H and O–H groups in total. The molecule has 1 rings (SSSR count). The average molecular weight is 198 g/mol. The normalized spacial score (nSPS) is 12.2. The maximum absolute atomic E-state index is 11.0. The fourth-order valence-corrected chi connectivity index (χ4v) is 1.25. The van der Waals surface area contributed by atoms with Crippen molar-refractivity contribution in [3.05, 3.63) is 35.9 Å². The summed E-state index contributed by atoms with van der Waals surface area (Å²) in [5.41, 5.74) is 1.03. The second-order valence-electron chi connectivity index (χ2n) is 2.92. The smallest absolute Gasteiger partial charge is 0.234 e. The summed E-state index contributed by atoms with van der Waals surface area (Å²) in [6.07, 6.45) is 0. The van der Waals surface area contributed by atoms with Crippen LogP contribution in [-0.4, -0.2) is 10.3 Å². The lowest BCUT2D eigenvalue weighted by molar-refractivity contribution is -0.125. The first-order valence-corrected chi connectivity index (χ1v) is 4.47. The van der Waals surface area contributed by atoms with Crippen LogP contribution in [0.4, 0.5) is 0 Å². The fourth-order valence-electron chi connectivity index (χ4n) is 1.14. The van der Waals surface area contributed by atoms with Crippen molar-refractivity contribution in [1.82, 2.24) is 4.42 Å². The molecule has 1 aromatic rings. The number of rotatable bonds is 2. The SMILES string of the molecule is CC(=O)N(Cl)C(C)c1ccccc1. The van der Waals surface area contributed by atoms with Gasteiger partial charge in [-0.15, -0.1) is 0 Å². The third-order valence-electron chi connectivity index (χ3n) is 1.92. The number of carbonyl (C=O) groups is 1. The van der Waals surface area contributed by atoms with Gasteiger partial charge in [0.05, 0.1) is 6.04 Å². The van der Waals surface area contributed by atoms with E-state index in [9.17, 15) is 4.79 Å². The van der Waals surface area contributed by atoms with E-state index in [1.54, 1.807) is 0 Å². The average Bonchev–Trinajstić information content (AvgIpc) is 2.17. The van der Waals surface area contributed by atoms with Gasteiger partial charge in [0, 0.05) is 18.7 Å². The van der Waals surface area contributed by atoms with Crippen molar-refractivity contribution >= 4 is 17.7 Å². The molecule has 1 unspecified atom stereocenters. The summed E-state index contributed by atoms with van der Waals surface area (Å²) in [6.45, 7) is 3.34. The fraction of sp³-hybridized carbons (Fsp3) is 0.300. The summed E-state index contributed by atoms with van der Waals surface area (Å²) >= 11 is 5.78. The molecule has 0 aliphatic carbocycles. The number of benzene rings is 1. The Kier molecular flexibility index (Phi) is 3.32. The first-order chi connectivity index (χ1) is 6.13. The van der Waals surface area contributed by atoms with E-state index in [0.29, 0.717) is 0 Å². The van der Waals surface area contributed by atoms with E-state index in [2.05, 4.69) is 0 Å². The highest BCUT2D eigenvalue weighted by Gasteiger charge is 2.15. The van der Waals surface area contributed by atoms with Crippen LogP contribution < -0.4 is 0 Å². The van der Waals surface area contributed by atoms with E-state index in [1.165, 1.54) is 11.3 Å². The van der Waals surface area contributed by atoms with Crippen molar-refractivity contribution in [1.29, 1.82) is 0 Å². The Morgan fingerprint density at radius 3 is 2.38 bits per heavy atom. The van der Waals surface area contributed by atoms with Crippen molar-refractivity contribution in [2.45, 2.75) is 19.9 Å². The summed E-state index contributed by atoms with van der Waals surface area (Å²) in [5.74, 6) is -0.141. The molecule has 13 heavy (non-hydrogen) atoms. The second-order valence-corrected chi connectivity index (χ2v) is 3.28. The highest BCUT2D eigenvalue weighted by Crippen LogP contribution is 2.21. The maximum atomic E-state index is 11.0. The highest BCUT2D eigenvalue weighted by molar-refractivity contribution is 6.21. The second kappa shape index (κ2) is 4.28. The third-order valence-corrected chi connectivity index (χ3v) is 2.45. The molecular weight excluding hydrogens is 186 g/mol. The molecule has 0 aromatic heterocycles. The molecule has 1 atom stereocenters. The molecule has 70 valence electrons. The van der Waals surface area contributed by atoms with Gasteiger partial charge in [0.2, 0.25) is 5.91 Å². The zero-order valence-corrected chi connectivity index (χ0v) is 8.45. The quantitative estimate of drug-likeness (QED) is 0.668. The molecular formula is C10H12ClNO. The molecule has 0 aliphatic heterocycles. The van der Waals surface area contributed by atoms with Gasteiger partial charge in [0.25, 0.3) is 0 Å². The van der Waals surface area contributed by atoms with Crippen molar-refractivity contribution < 1.29 is 4.79 Å². The van der Waals surface area contributed by atoms with Gasteiger partial charge in [-0.3, -0.25) is 4.79 Å². The van der Waals surface area contributed by atoms with Crippen molar-refractivity contribution in [2.75, 3.05) is 0 Å². The molecule has 0 spiro atoms. The molecule has 0 aliphatic rings. The topological polar surface area (TPSA) is 20.3 Å². The number of nitrogens with zero attached hydrogens (tertiary/aromatic N) is 1. The molecule has 0 heterocycles.